The summed E-state index contributed by atoms with van der Waals surface area (Å²) in [6.45, 7) is 5.62. The van der Waals surface area contributed by atoms with E-state index in [1.54, 1.807) is 12.1 Å². The molecule has 0 aliphatic carbocycles. The van der Waals surface area contributed by atoms with Crippen LogP contribution in [0.25, 0.3) is 0 Å². The molecule has 0 atom stereocenters. The van der Waals surface area contributed by atoms with Gasteiger partial charge in [0.25, 0.3) is 5.91 Å². The first-order chi connectivity index (χ1) is 8.69. The van der Waals surface area contributed by atoms with Gasteiger partial charge in [0.1, 0.15) is 11.5 Å². The first-order valence-corrected chi connectivity index (χ1v) is 6.75. The van der Waals surface area contributed by atoms with Gasteiger partial charge < -0.3 is 10.6 Å². The van der Waals surface area contributed by atoms with Gasteiger partial charge in [-0.05, 0) is 25.0 Å². The van der Waals surface area contributed by atoms with Crippen molar-refractivity contribution < 1.29 is 4.79 Å². The zero-order valence-electron chi connectivity index (χ0n) is 10.9. The smallest absolute Gasteiger partial charge is 0.271 e. The number of pyridine rings is 1. The number of nitrogens with zero attached hydrogens (tertiary/aromatic N) is 1. The Labute approximate surface area is 113 Å². The Hall–Kier alpha value is -1.29. The number of aromatic nitrogens is 1. The van der Waals surface area contributed by atoms with Crippen molar-refractivity contribution in [3.63, 3.8) is 0 Å². The number of anilines is 1. The molecular weight excluding hydrogens is 250 g/mol. The molecule has 0 aliphatic rings. The molecule has 5 heteroatoms. The molecule has 0 spiro atoms. The maximum atomic E-state index is 11.9. The van der Waals surface area contributed by atoms with E-state index in [0.717, 1.165) is 25.8 Å². The zero-order chi connectivity index (χ0) is 13.4. The highest BCUT2D eigenvalue weighted by Gasteiger charge is 2.12. The highest BCUT2D eigenvalue weighted by atomic mass is 35.5. The van der Waals surface area contributed by atoms with Gasteiger partial charge >= 0.3 is 0 Å². The number of carbonyl (C=O) groups is 1. The first kappa shape index (κ1) is 14.8. The van der Waals surface area contributed by atoms with Gasteiger partial charge in [-0.25, -0.2) is 4.98 Å². The molecule has 0 saturated heterocycles. The molecule has 0 aromatic carbocycles. The number of amides is 1. The lowest BCUT2D eigenvalue weighted by atomic mass is 10.3. The van der Waals surface area contributed by atoms with Crippen LogP contribution in [0.5, 0.6) is 0 Å². The Morgan fingerprint density at radius 2 is 2.06 bits per heavy atom. The van der Waals surface area contributed by atoms with Crippen molar-refractivity contribution in [3.05, 3.63) is 22.8 Å². The number of rotatable bonds is 7. The summed E-state index contributed by atoms with van der Waals surface area (Å²) in [5.74, 6) is 0.468. The fourth-order valence-corrected chi connectivity index (χ4v) is 1.61. The third-order valence-corrected chi connectivity index (χ3v) is 2.74. The van der Waals surface area contributed by atoms with Gasteiger partial charge in [-0.1, -0.05) is 31.9 Å². The zero-order valence-corrected chi connectivity index (χ0v) is 11.7. The normalized spacial score (nSPS) is 10.2. The van der Waals surface area contributed by atoms with Gasteiger partial charge in [0.15, 0.2) is 0 Å². The average molecular weight is 270 g/mol. The van der Waals surface area contributed by atoms with E-state index in [1.807, 2.05) is 0 Å². The maximum absolute atomic E-state index is 11.9. The lowest BCUT2D eigenvalue weighted by molar-refractivity contribution is 0.0948. The number of carbonyl (C=O) groups excluding carboxylic acids is 1. The van der Waals surface area contributed by atoms with Crippen LogP contribution < -0.4 is 10.6 Å². The van der Waals surface area contributed by atoms with Crippen molar-refractivity contribution in [2.75, 3.05) is 18.4 Å². The minimum absolute atomic E-state index is 0.214. The SMILES string of the molecule is CCCCNC(=O)c1nc(NCCC)ccc1Cl. The second kappa shape index (κ2) is 7.93. The van der Waals surface area contributed by atoms with Crippen LogP contribution in [0.4, 0.5) is 5.82 Å². The lowest BCUT2D eigenvalue weighted by Gasteiger charge is -2.08. The van der Waals surface area contributed by atoms with Gasteiger partial charge in [0.2, 0.25) is 0 Å². The standard InChI is InChI=1S/C13H20ClN3O/c1-3-5-9-16-13(18)12-10(14)6-7-11(17-12)15-8-4-2/h6-7H,3-5,8-9H2,1-2H3,(H,15,17)(H,16,18). The van der Waals surface area contributed by atoms with Crippen LogP contribution in [0, 0.1) is 0 Å². The third-order valence-electron chi connectivity index (χ3n) is 2.43. The van der Waals surface area contributed by atoms with Gasteiger partial charge in [-0.3, -0.25) is 4.79 Å². The van der Waals surface area contributed by atoms with Crippen molar-refractivity contribution >= 4 is 23.3 Å². The lowest BCUT2D eigenvalue weighted by Crippen LogP contribution is -2.26. The molecule has 0 bridgehead atoms. The number of nitrogens with one attached hydrogen (secondary N) is 2. The van der Waals surface area contributed by atoms with Crippen LogP contribution in [0.1, 0.15) is 43.6 Å². The summed E-state index contributed by atoms with van der Waals surface area (Å²) in [5.41, 5.74) is 0.286. The van der Waals surface area contributed by atoms with E-state index in [0.29, 0.717) is 17.4 Å². The summed E-state index contributed by atoms with van der Waals surface area (Å²) in [6.07, 6.45) is 3.00. The maximum Gasteiger partial charge on any atom is 0.271 e. The molecule has 0 fully saturated rings. The molecule has 0 radical (unpaired) electrons. The molecule has 4 nitrogen and oxygen atoms in total. The summed E-state index contributed by atoms with van der Waals surface area (Å²) in [4.78, 5) is 16.1. The van der Waals surface area contributed by atoms with E-state index in [2.05, 4.69) is 29.5 Å². The van der Waals surface area contributed by atoms with Crippen molar-refractivity contribution in [2.24, 2.45) is 0 Å². The number of hydrogen-bond acceptors (Lipinski definition) is 3. The summed E-state index contributed by atoms with van der Waals surface area (Å²) in [7, 11) is 0. The van der Waals surface area contributed by atoms with E-state index in [-0.39, 0.29) is 11.6 Å². The summed E-state index contributed by atoms with van der Waals surface area (Å²) in [5, 5.41) is 6.33. The van der Waals surface area contributed by atoms with Crippen LogP contribution >= 0.6 is 11.6 Å². The second-order valence-electron chi connectivity index (χ2n) is 4.06. The van der Waals surface area contributed by atoms with Gasteiger partial charge in [-0.15, -0.1) is 0 Å². The first-order valence-electron chi connectivity index (χ1n) is 6.37. The number of hydrogen-bond donors (Lipinski definition) is 2. The third kappa shape index (κ3) is 4.53. The predicted molar refractivity (Wildman–Crippen MR) is 75.3 cm³/mol. The van der Waals surface area contributed by atoms with Crippen molar-refractivity contribution in [1.82, 2.24) is 10.3 Å². The molecule has 1 aromatic heterocycles. The van der Waals surface area contributed by atoms with Crippen LogP contribution in [0.3, 0.4) is 0 Å². The van der Waals surface area contributed by atoms with Gasteiger partial charge in [0.05, 0.1) is 5.02 Å². The molecule has 1 heterocycles. The van der Waals surface area contributed by atoms with Crippen LogP contribution in [-0.4, -0.2) is 24.0 Å². The molecule has 100 valence electrons. The van der Waals surface area contributed by atoms with E-state index in [1.165, 1.54) is 0 Å². The molecular formula is C13H20ClN3O. The second-order valence-corrected chi connectivity index (χ2v) is 4.47. The Morgan fingerprint density at radius 1 is 1.28 bits per heavy atom. The van der Waals surface area contributed by atoms with E-state index in [9.17, 15) is 4.79 Å². The van der Waals surface area contributed by atoms with E-state index < -0.39 is 0 Å². The molecule has 1 amide bonds. The molecule has 18 heavy (non-hydrogen) atoms. The highest BCUT2D eigenvalue weighted by molar-refractivity contribution is 6.33. The van der Waals surface area contributed by atoms with Gasteiger partial charge in [-0.2, -0.15) is 0 Å². The minimum atomic E-state index is -0.214. The summed E-state index contributed by atoms with van der Waals surface area (Å²) >= 11 is 5.99. The number of unbranched alkanes of at least 4 members (excludes halogenated alkanes) is 1. The monoisotopic (exact) mass is 269 g/mol. The molecule has 0 aliphatic heterocycles. The fourth-order valence-electron chi connectivity index (χ4n) is 1.42. The molecule has 0 saturated carbocycles. The fraction of sp³-hybridized carbons (Fsp3) is 0.538. The van der Waals surface area contributed by atoms with Crippen LogP contribution in [0.2, 0.25) is 5.02 Å². The Morgan fingerprint density at radius 3 is 2.72 bits per heavy atom. The largest absolute Gasteiger partial charge is 0.370 e. The van der Waals surface area contributed by atoms with Crippen LogP contribution in [0.15, 0.2) is 12.1 Å². The quantitative estimate of drug-likeness (QED) is 0.748. The van der Waals surface area contributed by atoms with Gasteiger partial charge in [0, 0.05) is 13.1 Å². The Bertz CT molecular complexity index is 396. The molecule has 0 unspecified atom stereocenters. The minimum Gasteiger partial charge on any atom is -0.370 e. The predicted octanol–water partition coefficient (Wildman–Crippen LogP) is 3.09. The highest BCUT2D eigenvalue weighted by Crippen LogP contribution is 2.16. The summed E-state index contributed by atoms with van der Waals surface area (Å²) in [6, 6.07) is 3.47. The Balaban J connectivity index is 2.70. The van der Waals surface area contributed by atoms with Crippen molar-refractivity contribution in [2.45, 2.75) is 33.1 Å². The Kier molecular flexibility index (Phi) is 6.50. The van der Waals surface area contributed by atoms with Crippen molar-refractivity contribution in [3.8, 4) is 0 Å². The molecule has 2 N–H and O–H groups in total. The topological polar surface area (TPSA) is 54.0 Å². The van der Waals surface area contributed by atoms with Crippen molar-refractivity contribution in [1.29, 1.82) is 0 Å². The van der Waals surface area contributed by atoms with E-state index >= 15 is 0 Å². The number of halogens is 1. The summed E-state index contributed by atoms with van der Waals surface area (Å²) < 4.78 is 0. The average Bonchev–Trinajstić information content (AvgIpc) is 2.38. The molecule has 1 rings (SSSR count). The molecule has 1 aromatic rings. The van der Waals surface area contributed by atoms with E-state index in [4.69, 9.17) is 11.6 Å². The van der Waals surface area contributed by atoms with Crippen LogP contribution in [-0.2, 0) is 0 Å².